The topological polar surface area (TPSA) is 78.4 Å². The maximum Gasteiger partial charge on any atom is 0.335 e. The number of hydrogen-bond donors (Lipinski definition) is 3. The van der Waals surface area contributed by atoms with Gasteiger partial charge in [0.25, 0.3) is 0 Å². The van der Waals surface area contributed by atoms with Crippen molar-refractivity contribution in [2.24, 2.45) is 0 Å². The Labute approximate surface area is 119 Å². The van der Waals surface area contributed by atoms with Gasteiger partial charge in [-0.2, -0.15) is 0 Å². The molecule has 1 aromatic carbocycles. The summed E-state index contributed by atoms with van der Waals surface area (Å²) in [5.41, 5.74) is 0.630. The highest BCUT2D eigenvalue weighted by molar-refractivity contribution is 9.10. The lowest BCUT2D eigenvalue weighted by Gasteiger charge is -2.08. The number of carbonyl (C=O) groups is 2. The summed E-state index contributed by atoms with van der Waals surface area (Å²) in [5.74, 6) is -1.14. The van der Waals surface area contributed by atoms with E-state index in [4.69, 9.17) is 5.11 Å². The minimum atomic E-state index is -1.02. The first-order chi connectivity index (χ1) is 9.06. The zero-order chi connectivity index (χ0) is 13.8. The predicted octanol–water partition coefficient (Wildman–Crippen LogP) is 2.23. The van der Waals surface area contributed by atoms with E-state index in [0.29, 0.717) is 29.2 Å². The number of halogens is 1. The van der Waals surface area contributed by atoms with Crippen LogP contribution < -0.4 is 10.6 Å². The van der Waals surface area contributed by atoms with Crippen molar-refractivity contribution in [2.75, 3.05) is 11.9 Å². The molecule has 1 aliphatic rings. The number of anilines is 1. The highest BCUT2D eigenvalue weighted by Crippen LogP contribution is 2.24. The van der Waals surface area contributed by atoms with Crippen molar-refractivity contribution in [3.63, 3.8) is 0 Å². The van der Waals surface area contributed by atoms with Crippen molar-refractivity contribution in [2.45, 2.75) is 25.3 Å². The van der Waals surface area contributed by atoms with Gasteiger partial charge in [0, 0.05) is 23.5 Å². The smallest absolute Gasteiger partial charge is 0.335 e. The minimum absolute atomic E-state index is 0.128. The van der Waals surface area contributed by atoms with Crippen molar-refractivity contribution in [1.82, 2.24) is 5.32 Å². The molecule has 0 atom stereocenters. The number of carbonyl (C=O) groups excluding carboxylic acids is 1. The molecule has 0 heterocycles. The zero-order valence-electron chi connectivity index (χ0n) is 10.3. The van der Waals surface area contributed by atoms with Gasteiger partial charge in [-0.3, -0.25) is 4.79 Å². The van der Waals surface area contributed by atoms with Crippen LogP contribution in [0.5, 0.6) is 0 Å². The summed E-state index contributed by atoms with van der Waals surface area (Å²) in [6.07, 6.45) is 2.75. The molecule has 0 bridgehead atoms. The van der Waals surface area contributed by atoms with Crippen molar-refractivity contribution < 1.29 is 14.7 Å². The molecule has 2 rings (SSSR count). The predicted molar refractivity (Wildman–Crippen MR) is 75.4 cm³/mol. The molecule has 0 aromatic heterocycles. The Hall–Kier alpha value is -1.40. The van der Waals surface area contributed by atoms with Crippen molar-refractivity contribution >= 4 is 33.5 Å². The fourth-order valence-electron chi connectivity index (χ4n) is 1.64. The molecule has 0 aliphatic heterocycles. The summed E-state index contributed by atoms with van der Waals surface area (Å²) in [7, 11) is 0. The summed E-state index contributed by atoms with van der Waals surface area (Å²) in [5, 5.41) is 14.9. The molecule has 1 aliphatic carbocycles. The van der Waals surface area contributed by atoms with Crippen molar-refractivity contribution in [1.29, 1.82) is 0 Å². The van der Waals surface area contributed by atoms with E-state index in [1.54, 1.807) is 6.07 Å². The lowest BCUT2D eigenvalue weighted by atomic mass is 10.2. The maximum atomic E-state index is 11.7. The Bertz CT molecular complexity index is 501. The number of carboxylic acids is 1. The minimum Gasteiger partial charge on any atom is -0.478 e. The molecule has 1 saturated carbocycles. The van der Waals surface area contributed by atoms with Crippen LogP contribution in [-0.4, -0.2) is 29.6 Å². The lowest BCUT2D eigenvalue weighted by Crippen LogP contribution is -2.23. The molecule has 0 spiro atoms. The molecule has 19 heavy (non-hydrogen) atoms. The normalized spacial score (nSPS) is 14.2. The Morgan fingerprint density at radius 1 is 1.37 bits per heavy atom. The number of hydrogen-bond acceptors (Lipinski definition) is 3. The van der Waals surface area contributed by atoms with E-state index in [9.17, 15) is 9.59 Å². The SMILES string of the molecule is O=C(CCNC1CC1)Nc1cc(C(=O)O)ccc1Br. The summed E-state index contributed by atoms with van der Waals surface area (Å²) in [6.45, 7) is 0.646. The number of carboxylic acid groups (broad SMARTS) is 1. The first-order valence-corrected chi connectivity index (χ1v) is 6.91. The van der Waals surface area contributed by atoms with Gasteiger partial charge in [-0.1, -0.05) is 0 Å². The van der Waals surface area contributed by atoms with Crippen molar-refractivity contribution in [3.8, 4) is 0 Å². The van der Waals surface area contributed by atoms with Gasteiger partial charge in [-0.25, -0.2) is 4.79 Å². The molecule has 1 fully saturated rings. The second kappa shape index (κ2) is 6.16. The van der Waals surface area contributed by atoms with Crippen LogP contribution in [-0.2, 0) is 4.79 Å². The van der Waals surface area contributed by atoms with Crippen LogP contribution in [0, 0.1) is 0 Å². The Morgan fingerprint density at radius 3 is 2.74 bits per heavy atom. The number of rotatable bonds is 6. The van der Waals surface area contributed by atoms with E-state index in [-0.39, 0.29) is 11.5 Å². The van der Waals surface area contributed by atoms with Crippen LogP contribution >= 0.6 is 15.9 Å². The van der Waals surface area contributed by atoms with Crippen LogP contribution in [0.15, 0.2) is 22.7 Å². The third-order valence-corrected chi connectivity index (χ3v) is 3.54. The summed E-state index contributed by atoms with van der Waals surface area (Å²) < 4.78 is 0.668. The lowest BCUT2D eigenvalue weighted by molar-refractivity contribution is -0.116. The zero-order valence-corrected chi connectivity index (χ0v) is 11.9. The van der Waals surface area contributed by atoms with Gasteiger partial charge in [0.1, 0.15) is 0 Å². The molecule has 5 nitrogen and oxygen atoms in total. The second-order valence-electron chi connectivity index (χ2n) is 4.53. The third-order valence-electron chi connectivity index (χ3n) is 2.85. The Morgan fingerprint density at radius 2 is 2.11 bits per heavy atom. The van der Waals surface area contributed by atoms with Crippen LogP contribution in [0.2, 0.25) is 0 Å². The molecule has 1 aromatic rings. The number of nitrogens with one attached hydrogen (secondary N) is 2. The molecule has 0 unspecified atom stereocenters. The standard InChI is InChI=1S/C13H15BrN2O3/c14-10-4-1-8(13(18)19)7-11(10)16-12(17)5-6-15-9-2-3-9/h1,4,7,9,15H,2-3,5-6H2,(H,16,17)(H,18,19). The average Bonchev–Trinajstić information content (AvgIpc) is 3.15. The summed E-state index contributed by atoms with van der Waals surface area (Å²) >= 11 is 3.29. The highest BCUT2D eigenvalue weighted by atomic mass is 79.9. The Balaban J connectivity index is 1.90. The highest BCUT2D eigenvalue weighted by Gasteiger charge is 2.20. The third kappa shape index (κ3) is 4.33. The van der Waals surface area contributed by atoms with E-state index in [1.165, 1.54) is 25.0 Å². The fourth-order valence-corrected chi connectivity index (χ4v) is 1.99. The summed E-state index contributed by atoms with van der Waals surface area (Å²) in [4.78, 5) is 22.6. The van der Waals surface area contributed by atoms with E-state index >= 15 is 0 Å². The average molecular weight is 327 g/mol. The fraction of sp³-hybridized carbons (Fsp3) is 0.385. The van der Waals surface area contributed by atoms with Gasteiger partial charge in [-0.15, -0.1) is 0 Å². The number of aromatic carboxylic acids is 1. The van der Waals surface area contributed by atoms with Gasteiger partial charge in [-0.05, 0) is 47.0 Å². The summed E-state index contributed by atoms with van der Waals surface area (Å²) in [6, 6.07) is 5.12. The molecule has 0 saturated heterocycles. The van der Waals surface area contributed by atoms with Crippen molar-refractivity contribution in [3.05, 3.63) is 28.2 Å². The molecule has 1 amide bonds. The largest absolute Gasteiger partial charge is 0.478 e. The van der Waals surface area contributed by atoms with E-state index in [0.717, 1.165) is 0 Å². The molecular formula is C13H15BrN2O3. The maximum absolute atomic E-state index is 11.7. The van der Waals surface area contributed by atoms with Gasteiger partial charge >= 0.3 is 5.97 Å². The van der Waals surface area contributed by atoms with Crippen LogP contribution in [0.25, 0.3) is 0 Å². The molecular weight excluding hydrogens is 312 g/mol. The van der Waals surface area contributed by atoms with E-state index in [1.807, 2.05) is 0 Å². The van der Waals surface area contributed by atoms with Gasteiger partial charge in [0.2, 0.25) is 5.91 Å². The molecule has 102 valence electrons. The quantitative estimate of drug-likeness (QED) is 0.749. The number of benzene rings is 1. The van der Waals surface area contributed by atoms with Gasteiger partial charge < -0.3 is 15.7 Å². The van der Waals surface area contributed by atoms with Crippen LogP contribution in [0.3, 0.4) is 0 Å². The van der Waals surface area contributed by atoms with Crippen LogP contribution in [0.4, 0.5) is 5.69 Å². The van der Waals surface area contributed by atoms with E-state index in [2.05, 4.69) is 26.6 Å². The first-order valence-electron chi connectivity index (χ1n) is 6.12. The van der Waals surface area contributed by atoms with Crippen LogP contribution in [0.1, 0.15) is 29.6 Å². The first kappa shape index (κ1) is 14.0. The van der Waals surface area contributed by atoms with Gasteiger partial charge in [0.05, 0.1) is 11.3 Å². The number of amides is 1. The molecule has 0 radical (unpaired) electrons. The molecule has 6 heteroatoms. The molecule has 3 N–H and O–H groups in total. The van der Waals surface area contributed by atoms with E-state index < -0.39 is 5.97 Å². The second-order valence-corrected chi connectivity index (χ2v) is 5.38. The van der Waals surface area contributed by atoms with Gasteiger partial charge in [0.15, 0.2) is 0 Å². The Kier molecular flexibility index (Phi) is 4.55. The monoisotopic (exact) mass is 326 g/mol.